The molecule has 2 aromatic carbocycles. The summed E-state index contributed by atoms with van der Waals surface area (Å²) >= 11 is 1.52. The largest absolute Gasteiger partial charge is 0.497 e. The Morgan fingerprint density at radius 3 is 2.39 bits per heavy atom. The van der Waals surface area contributed by atoms with Crippen molar-refractivity contribution in [2.24, 2.45) is 0 Å². The normalized spacial score (nSPS) is 12.9. The highest BCUT2D eigenvalue weighted by molar-refractivity contribution is 7.54. The highest BCUT2D eigenvalue weighted by Gasteiger charge is 2.37. The summed E-state index contributed by atoms with van der Waals surface area (Å²) in [6, 6.07) is 13.5. The molecule has 0 amide bonds. The number of fused-ring (bicyclic) bond motifs is 1. The number of rotatable bonds is 9. The Kier molecular flexibility index (Phi) is 6.73. The van der Waals surface area contributed by atoms with Crippen molar-refractivity contribution < 1.29 is 18.3 Å². The minimum Gasteiger partial charge on any atom is -0.497 e. The smallest absolute Gasteiger partial charge is 0.357 e. The first-order valence-corrected chi connectivity index (χ1v) is 11.6. The molecule has 1 N–H and O–H groups in total. The first kappa shape index (κ1) is 20.8. The fourth-order valence-corrected chi connectivity index (χ4v) is 5.88. The van der Waals surface area contributed by atoms with Gasteiger partial charge in [-0.3, -0.25) is 4.57 Å². The molecule has 0 bridgehead atoms. The first-order valence-electron chi connectivity index (χ1n) is 9.15. The first-order chi connectivity index (χ1) is 13.5. The lowest BCUT2D eigenvalue weighted by Crippen LogP contribution is -2.15. The predicted octanol–water partition coefficient (Wildman–Crippen LogP) is 5.99. The topological polar surface area (TPSA) is 69.7 Å². The Labute approximate surface area is 169 Å². The zero-order valence-electron chi connectivity index (χ0n) is 16.5. The third kappa shape index (κ3) is 4.55. The molecule has 8 heteroatoms. The van der Waals surface area contributed by atoms with Gasteiger partial charge in [0.05, 0.1) is 30.5 Å². The summed E-state index contributed by atoms with van der Waals surface area (Å²) in [7, 11) is -1.87. The molecule has 0 fully saturated rings. The van der Waals surface area contributed by atoms with Gasteiger partial charge in [-0.25, -0.2) is 4.98 Å². The van der Waals surface area contributed by atoms with Gasteiger partial charge in [-0.15, -0.1) is 0 Å². The third-order valence-corrected chi connectivity index (χ3v) is 7.42. The summed E-state index contributed by atoms with van der Waals surface area (Å²) in [5, 5.41) is 3.97. The molecule has 3 aromatic rings. The molecule has 0 spiro atoms. The number of thiazole rings is 1. The summed E-state index contributed by atoms with van der Waals surface area (Å²) in [5.74, 6) is 0.0422. The number of methoxy groups -OCH3 is 1. The lowest BCUT2D eigenvalue weighted by molar-refractivity contribution is 0.214. The highest BCUT2D eigenvalue weighted by atomic mass is 32.1. The molecule has 1 atom stereocenters. The fraction of sp³-hybridized carbons (Fsp3) is 0.350. The maximum Gasteiger partial charge on any atom is 0.357 e. The van der Waals surface area contributed by atoms with E-state index in [9.17, 15) is 4.57 Å². The second-order valence-electron chi connectivity index (χ2n) is 6.19. The SMILES string of the molecule is CCOP(=O)(OCC)[C@@H](Nc1nc2ccc(C)cc2s1)c1ccc(OC)cc1. The van der Waals surface area contributed by atoms with E-state index in [1.54, 1.807) is 21.0 Å². The van der Waals surface area contributed by atoms with Crippen molar-refractivity contribution in [1.82, 2.24) is 4.98 Å². The number of nitrogens with one attached hydrogen (secondary N) is 1. The number of hydrogen-bond acceptors (Lipinski definition) is 7. The fourth-order valence-electron chi connectivity index (χ4n) is 2.89. The molecule has 0 aliphatic rings. The molecule has 28 heavy (non-hydrogen) atoms. The van der Waals surface area contributed by atoms with Crippen LogP contribution < -0.4 is 10.1 Å². The number of aromatic nitrogens is 1. The van der Waals surface area contributed by atoms with Gasteiger partial charge in [0.25, 0.3) is 0 Å². The average molecular weight is 420 g/mol. The van der Waals surface area contributed by atoms with Crippen LogP contribution in [0.3, 0.4) is 0 Å². The van der Waals surface area contributed by atoms with E-state index in [0.29, 0.717) is 5.13 Å². The molecule has 1 aromatic heterocycles. The highest BCUT2D eigenvalue weighted by Crippen LogP contribution is 2.61. The van der Waals surface area contributed by atoms with Gasteiger partial charge in [-0.2, -0.15) is 0 Å². The van der Waals surface area contributed by atoms with E-state index >= 15 is 0 Å². The van der Waals surface area contributed by atoms with Crippen LogP contribution in [0.15, 0.2) is 42.5 Å². The molecule has 0 saturated heterocycles. The van der Waals surface area contributed by atoms with Crippen LogP contribution in [0.4, 0.5) is 5.13 Å². The number of anilines is 1. The molecule has 0 aliphatic heterocycles. The molecule has 0 aliphatic carbocycles. The molecule has 0 radical (unpaired) electrons. The van der Waals surface area contributed by atoms with Gasteiger partial charge in [-0.05, 0) is 56.2 Å². The lowest BCUT2D eigenvalue weighted by atomic mass is 10.2. The number of aryl methyl sites for hydroxylation is 1. The number of hydrogen-bond donors (Lipinski definition) is 1. The average Bonchev–Trinajstić information content (AvgIpc) is 3.08. The summed E-state index contributed by atoms with van der Waals surface area (Å²) in [6.07, 6.45) is 0. The predicted molar refractivity (Wildman–Crippen MR) is 115 cm³/mol. The minimum absolute atomic E-state index is 0.282. The zero-order valence-corrected chi connectivity index (χ0v) is 18.2. The van der Waals surface area contributed by atoms with Crippen molar-refractivity contribution >= 4 is 34.3 Å². The van der Waals surface area contributed by atoms with E-state index in [-0.39, 0.29) is 13.2 Å². The van der Waals surface area contributed by atoms with Crippen LogP contribution in [0.1, 0.15) is 30.8 Å². The standard InChI is InChI=1S/C20H25N2O4PS/c1-5-25-27(23,26-6-2)19(15-8-10-16(24-4)11-9-15)22-20-21-17-12-7-14(3)13-18(17)28-20/h7-13,19H,5-6H2,1-4H3,(H,21,22)/t19-/m1/s1. The maximum absolute atomic E-state index is 13.6. The van der Waals surface area contributed by atoms with Crippen molar-refractivity contribution in [3.8, 4) is 5.75 Å². The molecule has 3 rings (SSSR count). The van der Waals surface area contributed by atoms with Crippen molar-refractivity contribution in [1.29, 1.82) is 0 Å². The molecule has 1 heterocycles. The van der Waals surface area contributed by atoms with Gasteiger partial charge in [0, 0.05) is 0 Å². The van der Waals surface area contributed by atoms with Crippen molar-refractivity contribution in [3.05, 3.63) is 53.6 Å². The molecular formula is C20H25N2O4PS. The molecule has 6 nitrogen and oxygen atoms in total. The Balaban J connectivity index is 2.01. The van der Waals surface area contributed by atoms with Crippen LogP contribution in [0, 0.1) is 6.92 Å². The second-order valence-corrected chi connectivity index (χ2v) is 9.33. The third-order valence-electron chi connectivity index (χ3n) is 4.17. The number of benzene rings is 2. The van der Waals surface area contributed by atoms with Gasteiger partial charge in [0.2, 0.25) is 0 Å². The van der Waals surface area contributed by atoms with Crippen LogP contribution in [0.5, 0.6) is 5.75 Å². The maximum atomic E-state index is 13.6. The van der Waals surface area contributed by atoms with Crippen molar-refractivity contribution in [2.45, 2.75) is 26.6 Å². The Morgan fingerprint density at radius 2 is 1.79 bits per heavy atom. The van der Waals surface area contributed by atoms with Gasteiger partial charge >= 0.3 is 7.60 Å². The number of ether oxygens (including phenoxy) is 1. The molecule has 150 valence electrons. The second kappa shape index (κ2) is 9.05. The van der Waals surface area contributed by atoms with Crippen molar-refractivity contribution in [3.63, 3.8) is 0 Å². The van der Waals surface area contributed by atoms with E-state index in [0.717, 1.165) is 21.5 Å². The summed E-state index contributed by atoms with van der Waals surface area (Å²) in [5.41, 5.74) is 2.85. The van der Waals surface area contributed by atoms with E-state index in [2.05, 4.69) is 16.4 Å². The van der Waals surface area contributed by atoms with Crippen molar-refractivity contribution in [2.75, 3.05) is 25.6 Å². The zero-order chi connectivity index (χ0) is 20.1. The lowest BCUT2D eigenvalue weighted by Gasteiger charge is -2.27. The summed E-state index contributed by atoms with van der Waals surface area (Å²) in [4.78, 5) is 4.64. The number of nitrogens with zero attached hydrogens (tertiary/aromatic N) is 1. The van der Waals surface area contributed by atoms with Crippen LogP contribution in [0.25, 0.3) is 10.2 Å². The van der Waals surface area contributed by atoms with Gasteiger partial charge in [0.1, 0.15) is 5.75 Å². The van der Waals surface area contributed by atoms with Crippen LogP contribution in [-0.4, -0.2) is 25.3 Å². The van der Waals surface area contributed by atoms with E-state index in [4.69, 9.17) is 13.8 Å². The summed E-state index contributed by atoms with van der Waals surface area (Å²) < 4.78 is 31.1. The molecular weight excluding hydrogens is 395 g/mol. The van der Waals surface area contributed by atoms with E-state index in [1.165, 1.54) is 16.9 Å². The van der Waals surface area contributed by atoms with Crippen LogP contribution in [0.2, 0.25) is 0 Å². The molecule has 0 unspecified atom stereocenters. The monoisotopic (exact) mass is 420 g/mol. The van der Waals surface area contributed by atoms with Gasteiger partial charge in [-0.1, -0.05) is 29.5 Å². The quantitative estimate of drug-likeness (QED) is 0.429. The summed E-state index contributed by atoms with van der Waals surface area (Å²) in [6.45, 7) is 6.22. The Bertz CT molecular complexity index is 964. The Morgan fingerprint density at radius 1 is 1.11 bits per heavy atom. The van der Waals surface area contributed by atoms with Crippen LogP contribution >= 0.6 is 18.9 Å². The van der Waals surface area contributed by atoms with E-state index in [1.807, 2.05) is 43.3 Å². The van der Waals surface area contributed by atoms with E-state index < -0.39 is 13.4 Å². The van der Waals surface area contributed by atoms with Gasteiger partial charge < -0.3 is 19.1 Å². The minimum atomic E-state index is -3.48. The van der Waals surface area contributed by atoms with Crippen LogP contribution in [-0.2, 0) is 13.6 Å². The molecule has 0 saturated carbocycles. The van der Waals surface area contributed by atoms with Gasteiger partial charge in [0.15, 0.2) is 10.9 Å². The Hall–Kier alpha value is -1.92.